The number of aromatic nitrogens is 2. The van der Waals surface area contributed by atoms with Gasteiger partial charge in [-0.15, -0.1) is 0 Å². The molecule has 1 aromatic heterocycles. The van der Waals surface area contributed by atoms with Crippen LogP contribution in [0, 0.1) is 0 Å². The predicted molar refractivity (Wildman–Crippen MR) is 54.2 cm³/mol. The lowest BCUT2D eigenvalue weighted by molar-refractivity contribution is 0.440. The Kier molecular flexibility index (Phi) is 2.61. The highest BCUT2D eigenvalue weighted by Gasteiger charge is 2.09. The second-order valence-electron chi connectivity index (χ2n) is 2.92. The third-order valence-electron chi connectivity index (χ3n) is 1.78. The van der Waals surface area contributed by atoms with Crippen molar-refractivity contribution in [2.24, 2.45) is 0 Å². The minimum atomic E-state index is -4.99. The van der Waals surface area contributed by atoms with Gasteiger partial charge in [-0.1, -0.05) is 9.95 Å². The van der Waals surface area contributed by atoms with Crippen molar-refractivity contribution in [2.75, 3.05) is 0 Å². The van der Waals surface area contributed by atoms with Gasteiger partial charge in [0.1, 0.15) is 5.75 Å². The SMILES string of the molecule is O=S(=O)(F)Oc1cccc(-n2cccn2)c1. The Morgan fingerprint density at radius 2 is 2.12 bits per heavy atom. The highest BCUT2D eigenvalue weighted by molar-refractivity contribution is 7.81. The number of hydrogen-bond donors (Lipinski definition) is 0. The normalized spacial score (nSPS) is 11.3. The molecular formula is C9H7FN2O3S. The van der Waals surface area contributed by atoms with Gasteiger partial charge in [-0.3, -0.25) is 0 Å². The monoisotopic (exact) mass is 242 g/mol. The molecule has 5 nitrogen and oxygen atoms in total. The Balaban J connectivity index is 2.34. The third-order valence-corrected chi connectivity index (χ3v) is 2.17. The Morgan fingerprint density at radius 3 is 2.75 bits per heavy atom. The molecule has 0 N–H and O–H groups in total. The first-order chi connectivity index (χ1) is 7.54. The van der Waals surface area contributed by atoms with E-state index in [-0.39, 0.29) is 5.75 Å². The van der Waals surface area contributed by atoms with Crippen LogP contribution in [0.15, 0.2) is 42.7 Å². The average molecular weight is 242 g/mol. The van der Waals surface area contributed by atoms with Crippen molar-refractivity contribution in [1.29, 1.82) is 0 Å². The maximum Gasteiger partial charge on any atom is 0.488 e. The summed E-state index contributed by atoms with van der Waals surface area (Å²) < 4.78 is 38.5. The van der Waals surface area contributed by atoms with Crippen LogP contribution in [0.5, 0.6) is 5.75 Å². The number of nitrogens with zero attached hydrogens (tertiary/aromatic N) is 2. The van der Waals surface area contributed by atoms with Crippen LogP contribution in [0.1, 0.15) is 0 Å². The van der Waals surface area contributed by atoms with E-state index in [0.29, 0.717) is 5.69 Å². The molecule has 0 aliphatic rings. The molecule has 0 atom stereocenters. The van der Waals surface area contributed by atoms with Gasteiger partial charge in [-0.05, 0) is 18.2 Å². The van der Waals surface area contributed by atoms with E-state index in [1.807, 2.05) is 0 Å². The molecule has 84 valence electrons. The van der Waals surface area contributed by atoms with Crippen molar-refractivity contribution in [3.63, 3.8) is 0 Å². The van der Waals surface area contributed by atoms with Crippen LogP contribution < -0.4 is 4.18 Å². The molecule has 0 unspecified atom stereocenters. The molecule has 0 radical (unpaired) electrons. The van der Waals surface area contributed by atoms with E-state index in [2.05, 4.69) is 9.28 Å². The lowest BCUT2D eigenvalue weighted by atomic mass is 10.3. The van der Waals surface area contributed by atoms with E-state index in [1.165, 1.54) is 22.9 Å². The van der Waals surface area contributed by atoms with Gasteiger partial charge in [0.05, 0.1) is 5.69 Å². The highest BCUT2D eigenvalue weighted by atomic mass is 32.3. The van der Waals surface area contributed by atoms with Crippen molar-refractivity contribution in [3.05, 3.63) is 42.7 Å². The van der Waals surface area contributed by atoms with E-state index in [4.69, 9.17) is 0 Å². The van der Waals surface area contributed by atoms with E-state index >= 15 is 0 Å². The summed E-state index contributed by atoms with van der Waals surface area (Å²) in [6.07, 6.45) is 3.24. The smallest absolute Gasteiger partial charge is 0.358 e. The zero-order valence-corrected chi connectivity index (χ0v) is 8.76. The van der Waals surface area contributed by atoms with Gasteiger partial charge in [0.25, 0.3) is 0 Å². The van der Waals surface area contributed by atoms with E-state index in [9.17, 15) is 12.3 Å². The molecule has 2 rings (SSSR count). The first kappa shape index (κ1) is 10.6. The minimum absolute atomic E-state index is 0.101. The van der Waals surface area contributed by atoms with Crippen LogP contribution >= 0.6 is 0 Å². The van der Waals surface area contributed by atoms with E-state index < -0.39 is 10.5 Å². The summed E-state index contributed by atoms with van der Waals surface area (Å²) in [6, 6.07) is 7.63. The van der Waals surface area contributed by atoms with Crippen molar-refractivity contribution in [3.8, 4) is 11.4 Å². The summed E-state index contributed by atoms with van der Waals surface area (Å²) in [5.41, 5.74) is 0.575. The van der Waals surface area contributed by atoms with Crippen LogP contribution in [-0.4, -0.2) is 18.2 Å². The molecule has 0 bridgehead atoms. The van der Waals surface area contributed by atoms with Crippen molar-refractivity contribution >= 4 is 10.5 Å². The Bertz CT molecular complexity index is 581. The van der Waals surface area contributed by atoms with E-state index in [1.54, 1.807) is 24.5 Å². The standard InChI is InChI=1S/C9H7FN2O3S/c10-16(13,14)15-9-4-1-3-8(7-9)12-6-2-5-11-12/h1-7H. The van der Waals surface area contributed by atoms with Gasteiger partial charge >= 0.3 is 10.5 Å². The quantitative estimate of drug-likeness (QED) is 0.764. The molecule has 0 spiro atoms. The Hall–Kier alpha value is -1.89. The van der Waals surface area contributed by atoms with Gasteiger partial charge in [-0.25, -0.2) is 4.68 Å². The predicted octanol–water partition coefficient (Wildman–Crippen LogP) is 1.47. The second-order valence-corrected chi connectivity index (χ2v) is 3.88. The fourth-order valence-electron chi connectivity index (χ4n) is 1.21. The van der Waals surface area contributed by atoms with Crippen LogP contribution in [0.3, 0.4) is 0 Å². The van der Waals surface area contributed by atoms with Crippen LogP contribution in [-0.2, 0) is 10.5 Å². The van der Waals surface area contributed by atoms with E-state index in [0.717, 1.165) is 0 Å². The van der Waals surface area contributed by atoms with Crippen molar-refractivity contribution in [1.82, 2.24) is 9.78 Å². The maximum absolute atomic E-state index is 12.3. The fraction of sp³-hybridized carbons (Fsp3) is 0. The molecule has 7 heteroatoms. The number of rotatable bonds is 3. The molecule has 0 amide bonds. The molecular weight excluding hydrogens is 235 g/mol. The summed E-state index contributed by atoms with van der Waals surface area (Å²) in [5, 5.41) is 3.94. The van der Waals surface area contributed by atoms with Crippen LogP contribution in [0.2, 0.25) is 0 Å². The summed E-state index contributed by atoms with van der Waals surface area (Å²) in [4.78, 5) is 0. The molecule has 0 fully saturated rings. The third kappa shape index (κ3) is 2.57. The molecule has 2 aromatic rings. The molecule has 0 saturated heterocycles. The number of halogens is 1. The summed E-state index contributed by atoms with van der Waals surface area (Å²) in [5.74, 6) is -0.101. The lowest BCUT2D eigenvalue weighted by Gasteiger charge is -2.03. The molecule has 0 aliphatic heterocycles. The zero-order valence-electron chi connectivity index (χ0n) is 7.95. The highest BCUT2D eigenvalue weighted by Crippen LogP contribution is 2.18. The lowest BCUT2D eigenvalue weighted by Crippen LogP contribution is -2.02. The van der Waals surface area contributed by atoms with Crippen molar-refractivity contribution in [2.45, 2.75) is 0 Å². The Labute approximate surface area is 91.5 Å². The summed E-state index contributed by atoms with van der Waals surface area (Å²) in [6.45, 7) is 0. The van der Waals surface area contributed by atoms with Crippen molar-refractivity contribution < 1.29 is 16.5 Å². The second kappa shape index (κ2) is 3.93. The fourth-order valence-corrected chi connectivity index (χ4v) is 1.55. The number of benzene rings is 1. The van der Waals surface area contributed by atoms with Crippen LogP contribution in [0.4, 0.5) is 3.89 Å². The van der Waals surface area contributed by atoms with Gasteiger partial charge in [0.2, 0.25) is 0 Å². The summed E-state index contributed by atoms with van der Waals surface area (Å²) in [7, 11) is -4.99. The molecule has 0 aliphatic carbocycles. The summed E-state index contributed by atoms with van der Waals surface area (Å²) >= 11 is 0. The van der Waals surface area contributed by atoms with Gasteiger partial charge in [0.15, 0.2) is 0 Å². The average Bonchev–Trinajstić information content (AvgIpc) is 2.68. The first-order valence-electron chi connectivity index (χ1n) is 4.29. The zero-order chi connectivity index (χ0) is 11.6. The topological polar surface area (TPSA) is 61.2 Å². The van der Waals surface area contributed by atoms with Gasteiger partial charge in [-0.2, -0.15) is 13.5 Å². The molecule has 16 heavy (non-hydrogen) atoms. The maximum atomic E-state index is 12.3. The van der Waals surface area contributed by atoms with Gasteiger partial charge in [0, 0.05) is 18.5 Å². The molecule has 0 saturated carbocycles. The Morgan fingerprint density at radius 1 is 1.31 bits per heavy atom. The first-order valence-corrected chi connectivity index (χ1v) is 5.60. The van der Waals surface area contributed by atoms with Crippen LogP contribution in [0.25, 0.3) is 5.69 Å². The minimum Gasteiger partial charge on any atom is -0.358 e. The number of hydrogen-bond acceptors (Lipinski definition) is 4. The van der Waals surface area contributed by atoms with Gasteiger partial charge < -0.3 is 4.18 Å². The molecule has 1 aromatic carbocycles. The molecule has 1 heterocycles. The largest absolute Gasteiger partial charge is 0.488 e.